The number of rotatable bonds is 7. The zero-order chi connectivity index (χ0) is 19.5. The molecule has 142 valence electrons. The number of carbonyl (C=O) groups is 1. The summed E-state index contributed by atoms with van der Waals surface area (Å²) in [4.78, 5) is 13.4. The molecule has 0 fully saturated rings. The third kappa shape index (κ3) is 3.26. The topological polar surface area (TPSA) is 42.2 Å². The number of carbonyl (C=O) groups excluding carboxylic acids is 1. The smallest absolute Gasteiger partial charge is 0.195 e. The maximum Gasteiger partial charge on any atom is 0.195 e. The van der Waals surface area contributed by atoms with Gasteiger partial charge in [-0.2, -0.15) is 0 Å². The monoisotopic (exact) mass is 375 g/mol. The van der Waals surface area contributed by atoms with Crippen LogP contribution in [0.2, 0.25) is 0 Å². The van der Waals surface area contributed by atoms with Gasteiger partial charge in [0.1, 0.15) is 5.75 Å². The van der Waals surface area contributed by atoms with E-state index >= 15 is 0 Å². The molecule has 0 atom stereocenters. The standard InChI is InChI=1S/C24H22FNO2/c25-14-4-1-5-15-26-16-21(19-11-7-13-22(27)23(19)26)24(28)20-12-6-9-17-8-2-3-10-18(17)20/h2-3,6-13,16,27H,1,4-5,14-15H2. The molecule has 0 bridgehead atoms. The first-order chi connectivity index (χ1) is 13.7. The molecule has 0 saturated carbocycles. The Morgan fingerprint density at radius 1 is 0.857 bits per heavy atom. The highest BCUT2D eigenvalue weighted by Crippen LogP contribution is 2.32. The number of halogens is 1. The summed E-state index contributed by atoms with van der Waals surface area (Å²) in [5.74, 6) is 0.0925. The van der Waals surface area contributed by atoms with E-state index in [2.05, 4.69) is 0 Å². The average molecular weight is 375 g/mol. The fourth-order valence-corrected chi connectivity index (χ4v) is 3.82. The number of nitrogens with zero attached hydrogens (tertiary/aromatic N) is 1. The van der Waals surface area contributed by atoms with E-state index in [1.807, 2.05) is 59.3 Å². The van der Waals surface area contributed by atoms with Crippen molar-refractivity contribution in [1.82, 2.24) is 4.57 Å². The van der Waals surface area contributed by atoms with Gasteiger partial charge in [0.15, 0.2) is 5.78 Å². The van der Waals surface area contributed by atoms with Crippen LogP contribution >= 0.6 is 0 Å². The molecule has 28 heavy (non-hydrogen) atoms. The number of ketones is 1. The lowest BCUT2D eigenvalue weighted by molar-refractivity contribution is 0.104. The molecule has 0 aliphatic carbocycles. The summed E-state index contributed by atoms with van der Waals surface area (Å²) in [5, 5.41) is 13.1. The summed E-state index contributed by atoms with van der Waals surface area (Å²) in [6, 6.07) is 18.8. The van der Waals surface area contributed by atoms with E-state index in [1.54, 1.807) is 12.1 Å². The Bertz CT molecular complexity index is 1140. The lowest BCUT2D eigenvalue weighted by atomic mass is 9.97. The molecule has 0 amide bonds. The number of aromatic hydroxyl groups is 1. The minimum absolute atomic E-state index is 0.0603. The molecule has 0 radical (unpaired) electrons. The third-order valence-electron chi connectivity index (χ3n) is 5.19. The first-order valence-electron chi connectivity index (χ1n) is 9.60. The number of aryl methyl sites for hydroxylation is 1. The van der Waals surface area contributed by atoms with Crippen LogP contribution in [0.4, 0.5) is 4.39 Å². The van der Waals surface area contributed by atoms with E-state index in [0.29, 0.717) is 29.6 Å². The van der Waals surface area contributed by atoms with Crippen molar-refractivity contribution in [3.63, 3.8) is 0 Å². The fourth-order valence-electron chi connectivity index (χ4n) is 3.82. The summed E-state index contributed by atoms with van der Waals surface area (Å²) in [7, 11) is 0. The molecule has 3 nitrogen and oxygen atoms in total. The van der Waals surface area contributed by atoms with Gasteiger partial charge < -0.3 is 9.67 Å². The van der Waals surface area contributed by atoms with Crippen LogP contribution in [0.5, 0.6) is 5.75 Å². The van der Waals surface area contributed by atoms with E-state index in [0.717, 1.165) is 29.0 Å². The van der Waals surface area contributed by atoms with E-state index in [4.69, 9.17) is 0 Å². The van der Waals surface area contributed by atoms with Gasteiger partial charge in [0.2, 0.25) is 0 Å². The van der Waals surface area contributed by atoms with Crippen LogP contribution in [0.1, 0.15) is 35.2 Å². The summed E-state index contributed by atoms with van der Waals surface area (Å²) < 4.78 is 14.3. The van der Waals surface area contributed by atoms with Crippen LogP contribution < -0.4 is 0 Å². The normalized spacial score (nSPS) is 11.3. The van der Waals surface area contributed by atoms with Gasteiger partial charge in [-0.15, -0.1) is 0 Å². The lowest BCUT2D eigenvalue weighted by Crippen LogP contribution is -2.02. The van der Waals surface area contributed by atoms with Crippen molar-refractivity contribution >= 4 is 27.5 Å². The number of alkyl halides is 1. The van der Waals surface area contributed by atoms with Crippen molar-refractivity contribution in [2.45, 2.75) is 25.8 Å². The predicted molar refractivity (Wildman–Crippen MR) is 111 cm³/mol. The van der Waals surface area contributed by atoms with Gasteiger partial charge in [0.05, 0.1) is 12.2 Å². The molecule has 0 aliphatic heterocycles. The maximum absolute atomic E-state index is 13.4. The molecule has 4 aromatic rings. The van der Waals surface area contributed by atoms with Gasteiger partial charge in [-0.3, -0.25) is 9.18 Å². The van der Waals surface area contributed by atoms with Crippen LogP contribution in [0.3, 0.4) is 0 Å². The fraction of sp³-hybridized carbons (Fsp3) is 0.208. The molecule has 0 spiro atoms. The van der Waals surface area contributed by atoms with Gasteiger partial charge in [-0.05, 0) is 36.1 Å². The Kier molecular flexibility index (Phi) is 5.11. The lowest BCUT2D eigenvalue weighted by Gasteiger charge is -2.05. The quantitative estimate of drug-likeness (QED) is 0.324. The number of hydrogen-bond donors (Lipinski definition) is 1. The molecule has 4 rings (SSSR count). The highest BCUT2D eigenvalue weighted by atomic mass is 19.1. The van der Waals surface area contributed by atoms with Crippen molar-refractivity contribution in [2.75, 3.05) is 6.67 Å². The Hall–Kier alpha value is -3.14. The Balaban J connectivity index is 1.80. The van der Waals surface area contributed by atoms with Crippen molar-refractivity contribution in [3.8, 4) is 5.75 Å². The van der Waals surface area contributed by atoms with E-state index in [1.165, 1.54) is 0 Å². The second kappa shape index (κ2) is 7.85. The summed E-state index contributed by atoms with van der Waals surface area (Å²) in [5.41, 5.74) is 1.89. The number of phenolic OH excluding ortho intramolecular Hbond substituents is 1. The molecule has 4 heteroatoms. The van der Waals surface area contributed by atoms with E-state index < -0.39 is 0 Å². The number of para-hydroxylation sites is 1. The molecule has 0 unspecified atom stereocenters. The summed E-state index contributed by atoms with van der Waals surface area (Å²) in [6.07, 6.45) is 3.93. The van der Waals surface area contributed by atoms with Gasteiger partial charge >= 0.3 is 0 Å². The minimum Gasteiger partial charge on any atom is -0.506 e. The first-order valence-corrected chi connectivity index (χ1v) is 9.60. The molecule has 1 N–H and O–H groups in total. The van der Waals surface area contributed by atoms with Crippen LogP contribution in [0.15, 0.2) is 66.9 Å². The zero-order valence-electron chi connectivity index (χ0n) is 15.6. The van der Waals surface area contributed by atoms with Gasteiger partial charge in [-0.25, -0.2) is 0 Å². The number of benzene rings is 3. The summed E-state index contributed by atoms with van der Waals surface area (Å²) >= 11 is 0. The zero-order valence-corrected chi connectivity index (χ0v) is 15.6. The highest BCUT2D eigenvalue weighted by Gasteiger charge is 2.20. The first kappa shape index (κ1) is 18.2. The molecule has 1 aromatic heterocycles. The van der Waals surface area contributed by atoms with E-state index in [-0.39, 0.29) is 18.2 Å². The van der Waals surface area contributed by atoms with Gasteiger partial charge in [0.25, 0.3) is 0 Å². The number of aromatic nitrogens is 1. The molecular formula is C24H22FNO2. The van der Waals surface area contributed by atoms with Crippen molar-refractivity contribution in [2.24, 2.45) is 0 Å². The van der Waals surface area contributed by atoms with Crippen molar-refractivity contribution in [1.29, 1.82) is 0 Å². The number of hydrogen-bond acceptors (Lipinski definition) is 2. The van der Waals surface area contributed by atoms with Crippen LogP contribution in [0, 0.1) is 0 Å². The highest BCUT2D eigenvalue weighted by molar-refractivity contribution is 6.21. The van der Waals surface area contributed by atoms with Crippen LogP contribution in [-0.4, -0.2) is 22.1 Å². The molecule has 3 aromatic carbocycles. The Morgan fingerprint density at radius 3 is 2.46 bits per heavy atom. The van der Waals surface area contributed by atoms with Crippen LogP contribution in [-0.2, 0) is 6.54 Å². The van der Waals surface area contributed by atoms with E-state index in [9.17, 15) is 14.3 Å². The minimum atomic E-state index is -0.317. The second-order valence-corrected chi connectivity index (χ2v) is 7.01. The number of phenols is 1. The average Bonchev–Trinajstić information content (AvgIpc) is 3.10. The maximum atomic E-state index is 13.4. The molecule has 0 saturated heterocycles. The number of unbranched alkanes of at least 4 members (excludes halogenated alkanes) is 2. The van der Waals surface area contributed by atoms with Gasteiger partial charge in [0, 0.05) is 29.3 Å². The second-order valence-electron chi connectivity index (χ2n) is 7.01. The van der Waals surface area contributed by atoms with Crippen molar-refractivity contribution < 1.29 is 14.3 Å². The summed E-state index contributed by atoms with van der Waals surface area (Å²) in [6.45, 7) is 0.319. The molecular weight excluding hydrogens is 353 g/mol. The predicted octanol–water partition coefficient (Wildman–Crippen LogP) is 5.87. The van der Waals surface area contributed by atoms with Crippen LogP contribution in [0.25, 0.3) is 21.7 Å². The Morgan fingerprint density at radius 2 is 1.61 bits per heavy atom. The van der Waals surface area contributed by atoms with Crippen molar-refractivity contribution in [3.05, 3.63) is 78.0 Å². The Labute approximate surface area is 163 Å². The molecule has 0 aliphatic rings. The SMILES string of the molecule is O=C(c1cccc2ccccc12)c1cn(CCCCCF)c2c(O)cccc12. The largest absolute Gasteiger partial charge is 0.506 e. The number of fused-ring (bicyclic) bond motifs is 2. The third-order valence-corrected chi connectivity index (χ3v) is 5.19. The molecule has 1 heterocycles. The van der Waals surface area contributed by atoms with Gasteiger partial charge in [-0.1, -0.05) is 54.6 Å².